The summed E-state index contributed by atoms with van der Waals surface area (Å²) in [5, 5.41) is 8.88. The zero-order valence-electron chi connectivity index (χ0n) is 9.10. The summed E-state index contributed by atoms with van der Waals surface area (Å²) in [6, 6.07) is 0. The molecule has 84 valence electrons. The van der Waals surface area contributed by atoms with Crippen molar-refractivity contribution in [3.8, 4) is 0 Å². The van der Waals surface area contributed by atoms with Crippen LogP contribution in [0.2, 0.25) is 0 Å². The van der Waals surface area contributed by atoms with Crippen molar-refractivity contribution in [3.63, 3.8) is 0 Å². The molecule has 0 aromatic rings. The molecule has 2 unspecified atom stereocenters. The second-order valence-electron chi connectivity index (χ2n) is 4.56. The van der Waals surface area contributed by atoms with Crippen molar-refractivity contribution in [3.05, 3.63) is 24.3 Å². The van der Waals surface area contributed by atoms with Gasteiger partial charge >= 0.3 is 5.97 Å². The van der Waals surface area contributed by atoms with Crippen LogP contribution in [-0.4, -0.2) is 16.7 Å². The van der Waals surface area contributed by atoms with E-state index in [1.807, 2.05) is 38.2 Å². The summed E-state index contributed by atoms with van der Waals surface area (Å²) in [5.41, 5.74) is 9.15. The van der Waals surface area contributed by atoms with Gasteiger partial charge in [-0.1, -0.05) is 38.2 Å². The van der Waals surface area contributed by atoms with Crippen LogP contribution in [0.1, 0.15) is 20.3 Å². The quantitative estimate of drug-likeness (QED) is 0.602. The number of aliphatic carboxylic acids is 1. The predicted octanol–water partition coefficient (Wildman–Crippen LogP) is 0.843. The number of allylic oxidation sites excluding steroid dienone is 4. The van der Waals surface area contributed by atoms with Crippen LogP contribution in [0.15, 0.2) is 24.3 Å². The molecule has 0 bridgehead atoms. The smallest absolute Gasteiger partial charge is 0.338 e. The molecule has 1 rings (SSSR count). The lowest BCUT2D eigenvalue weighted by atomic mass is 9.70. The number of hydrogen-bond acceptors (Lipinski definition) is 3. The van der Waals surface area contributed by atoms with Crippen molar-refractivity contribution in [2.45, 2.75) is 25.9 Å². The summed E-state index contributed by atoms with van der Waals surface area (Å²) in [6.07, 6.45) is 8.06. The van der Waals surface area contributed by atoms with Gasteiger partial charge in [-0.25, -0.2) is 4.79 Å². The SMILES string of the molecule is CC1C=CC=CC1(C)CC(N)(N)C(=O)O. The Morgan fingerprint density at radius 1 is 1.53 bits per heavy atom. The molecular weight excluding hydrogens is 192 g/mol. The van der Waals surface area contributed by atoms with Gasteiger partial charge in [0, 0.05) is 0 Å². The third-order valence-corrected chi connectivity index (χ3v) is 3.10. The van der Waals surface area contributed by atoms with Gasteiger partial charge in [0.1, 0.15) is 0 Å². The Hall–Kier alpha value is -1.13. The van der Waals surface area contributed by atoms with Crippen LogP contribution < -0.4 is 11.5 Å². The van der Waals surface area contributed by atoms with Gasteiger partial charge in [0.25, 0.3) is 0 Å². The molecule has 0 amide bonds. The Morgan fingerprint density at radius 2 is 2.13 bits per heavy atom. The van der Waals surface area contributed by atoms with Gasteiger partial charge in [-0.05, 0) is 17.8 Å². The Bertz CT molecular complexity index is 321. The molecule has 0 saturated carbocycles. The zero-order chi connectivity index (χ0) is 11.7. The van der Waals surface area contributed by atoms with Crippen molar-refractivity contribution in [1.82, 2.24) is 0 Å². The van der Waals surface area contributed by atoms with E-state index in [0.29, 0.717) is 0 Å². The minimum Gasteiger partial charge on any atom is -0.479 e. The molecule has 0 aromatic heterocycles. The fourth-order valence-corrected chi connectivity index (χ4v) is 1.80. The van der Waals surface area contributed by atoms with Gasteiger partial charge in [0.2, 0.25) is 0 Å². The average molecular weight is 210 g/mol. The van der Waals surface area contributed by atoms with Gasteiger partial charge in [-0.2, -0.15) is 0 Å². The monoisotopic (exact) mass is 210 g/mol. The van der Waals surface area contributed by atoms with E-state index in [0.717, 1.165) is 0 Å². The van der Waals surface area contributed by atoms with Gasteiger partial charge in [-0.15, -0.1) is 0 Å². The normalized spacial score (nSPS) is 30.5. The molecule has 0 fully saturated rings. The molecule has 2 atom stereocenters. The second-order valence-corrected chi connectivity index (χ2v) is 4.56. The van der Waals surface area contributed by atoms with Crippen molar-refractivity contribution in [1.29, 1.82) is 0 Å². The fourth-order valence-electron chi connectivity index (χ4n) is 1.80. The molecule has 1 aliphatic carbocycles. The van der Waals surface area contributed by atoms with Gasteiger partial charge in [0.15, 0.2) is 5.66 Å². The second kappa shape index (κ2) is 3.79. The molecule has 0 aromatic carbocycles. The maximum absolute atomic E-state index is 10.9. The highest BCUT2D eigenvalue weighted by Crippen LogP contribution is 2.38. The predicted molar refractivity (Wildman–Crippen MR) is 58.9 cm³/mol. The maximum Gasteiger partial charge on any atom is 0.338 e. The van der Waals surface area contributed by atoms with Crippen LogP contribution in [-0.2, 0) is 4.79 Å². The molecule has 4 heteroatoms. The van der Waals surface area contributed by atoms with E-state index < -0.39 is 11.6 Å². The number of hydrogen-bond donors (Lipinski definition) is 3. The van der Waals surface area contributed by atoms with Crippen LogP contribution in [0.3, 0.4) is 0 Å². The lowest BCUT2D eigenvalue weighted by Crippen LogP contribution is -2.59. The third kappa shape index (κ3) is 2.46. The number of carboxylic acids is 1. The lowest BCUT2D eigenvalue weighted by molar-refractivity contribution is -0.144. The van der Waals surface area contributed by atoms with Crippen LogP contribution >= 0.6 is 0 Å². The highest BCUT2D eigenvalue weighted by molar-refractivity contribution is 5.77. The largest absolute Gasteiger partial charge is 0.479 e. The number of carbonyl (C=O) groups is 1. The van der Waals surface area contributed by atoms with E-state index in [1.165, 1.54) is 0 Å². The summed E-state index contributed by atoms with van der Waals surface area (Å²) >= 11 is 0. The summed E-state index contributed by atoms with van der Waals surface area (Å²) in [5.74, 6) is -0.938. The first kappa shape index (κ1) is 11.9. The number of rotatable bonds is 3. The Balaban J connectivity index is 2.85. The first-order valence-corrected chi connectivity index (χ1v) is 4.95. The average Bonchev–Trinajstić information content (AvgIpc) is 2.09. The molecule has 0 aliphatic heterocycles. The molecular formula is C11H18N2O2. The van der Waals surface area contributed by atoms with Crippen molar-refractivity contribution in [2.75, 3.05) is 0 Å². The summed E-state index contributed by atoms with van der Waals surface area (Å²) < 4.78 is 0. The summed E-state index contributed by atoms with van der Waals surface area (Å²) in [7, 11) is 0. The standard InChI is InChI=1S/C11H18N2O2/c1-8-5-3-4-6-10(8,2)7-11(12,13)9(14)15/h3-6,8H,7,12-13H2,1-2H3,(H,14,15). The zero-order valence-corrected chi connectivity index (χ0v) is 9.10. The van der Waals surface area contributed by atoms with E-state index in [-0.39, 0.29) is 17.8 Å². The first-order chi connectivity index (χ1) is 6.78. The molecule has 0 heterocycles. The van der Waals surface area contributed by atoms with E-state index >= 15 is 0 Å². The fraction of sp³-hybridized carbons (Fsp3) is 0.545. The molecule has 5 N–H and O–H groups in total. The molecule has 1 aliphatic rings. The van der Waals surface area contributed by atoms with Crippen LogP contribution in [0.25, 0.3) is 0 Å². The van der Waals surface area contributed by atoms with E-state index in [2.05, 4.69) is 0 Å². The van der Waals surface area contributed by atoms with Crippen molar-refractivity contribution in [2.24, 2.45) is 22.8 Å². The van der Waals surface area contributed by atoms with E-state index in [4.69, 9.17) is 16.6 Å². The van der Waals surface area contributed by atoms with Crippen LogP contribution in [0, 0.1) is 11.3 Å². The maximum atomic E-state index is 10.9. The summed E-state index contributed by atoms with van der Waals surface area (Å²) in [6.45, 7) is 3.99. The van der Waals surface area contributed by atoms with Crippen molar-refractivity contribution >= 4 is 5.97 Å². The molecule has 15 heavy (non-hydrogen) atoms. The number of carboxylic acid groups (broad SMARTS) is 1. The topological polar surface area (TPSA) is 89.3 Å². The molecule has 0 radical (unpaired) electrons. The molecule has 0 saturated heterocycles. The Kier molecular flexibility index (Phi) is 3.02. The van der Waals surface area contributed by atoms with Gasteiger partial charge in [0.05, 0.1) is 0 Å². The highest BCUT2D eigenvalue weighted by atomic mass is 16.4. The van der Waals surface area contributed by atoms with E-state index in [9.17, 15) is 4.79 Å². The Labute approximate surface area is 89.6 Å². The molecule has 4 nitrogen and oxygen atoms in total. The van der Waals surface area contributed by atoms with Crippen molar-refractivity contribution < 1.29 is 9.90 Å². The summed E-state index contributed by atoms with van der Waals surface area (Å²) in [4.78, 5) is 10.9. The first-order valence-electron chi connectivity index (χ1n) is 4.95. The third-order valence-electron chi connectivity index (χ3n) is 3.10. The van der Waals surface area contributed by atoms with Gasteiger partial charge in [-0.3, -0.25) is 0 Å². The minimum atomic E-state index is -1.67. The molecule has 0 spiro atoms. The minimum absolute atomic E-state index is 0.220. The van der Waals surface area contributed by atoms with Crippen LogP contribution in [0.5, 0.6) is 0 Å². The lowest BCUT2D eigenvalue weighted by Gasteiger charge is -2.37. The number of nitrogens with two attached hydrogens (primary N) is 2. The Morgan fingerprint density at radius 3 is 2.60 bits per heavy atom. The van der Waals surface area contributed by atoms with Gasteiger partial charge < -0.3 is 16.6 Å². The highest BCUT2D eigenvalue weighted by Gasteiger charge is 2.40. The van der Waals surface area contributed by atoms with E-state index in [1.54, 1.807) is 0 Å². The van der Waals surface area contributed by atoms with Crippen LogP contribution in [0.4, 0.5) is 0 Å².